The van der Waals surface area contributed by atoms with Gasteiger partial charge in [-0.2, -0.15) is 0 Å². The maximum atomic E-state index is 4.92. The fourth-order valence-electron chi connectivity index (χ4n) is 6.79. The highest BCUT2D eigenvalue weighted by Gasteiger charge is 2.31. The Morgan fingerprint density at radius 3 is 2.14 bits per heavy atom. The Kier molecular flexibility index (Phi) is 7.00. The first kappa shape index (κ1) is 28.9. The Morgan fingerprint density at radius 2 is 1.45 bits per heavy atom. The smallest absolute Gasteiger partial charge is 0.217 e. The minimum absolute atomic E-state index is 0.236. The second kappa shape index (κ2) is 10.7. The van der Waals surface area contributed by atoms with Gasteiger partial charge in [0.15, 0.2) is 12.0 Å². The molecular weight excluding hydrogens is 557 g/mol. The van der Waals surface area contributed by atoms with Crippen molar-refractivity contribution in [2.45, 2.75) is 83.4 Å². The van der Waals surface area contributed by atoms with Crippen LogP contribution in [-0.4, -0.2) is 15.0 Å². The Bertz CT molecular complexity index is 2120. The molecule has 0 fully saturated rings. The van der Waals surface area contributed by atoms with E-state index in [1.54, 1.807) is 0 Å². The van der Waals surface area contributed by atoms with E-state index in [4.69, 9.17) is 15.0 Å². The van der Waals surface area contributed by atoms with Crippen molar-refractivity contribution in [3.63, 3.8) is 0 Å². The minimum atomic E-state index is 0.236. The van der Waals surface area contributed by atoms with Gasteiger partial charge in [0.05, 0.1) is 10.9 Å². The van der Waals surface area contributed by atoms with E-state index in [0.717, 1.165) is 29.5 Å². The number of nitrogens with zero attached hydrogens (tertiary/aromatic N) is 4. The molecule has 1 aliphatic rings. The quantitative estimate of drug-likeness (QED) is 0.146. The molecule has 0 saturated heterocycles. The molecule has 222 valence electrons. The fraction of sp³-hybridized carbons (Fsp3) is 0.333. The third-order valence-electron chi connectivity index (χ3n) is 9.09. The first-order valence-corrected chi connectivity index (χ1v) is 16.7. The molecule has 0 atom stereocenters. The Balaban J connectivity index is 1.49. The SMILES string of the molecule is Cc1c2c(c(C)c3cc(CC(C)C)ccc13)-c1c3c(cc4ccc(-c5nc(C(C)C)nc(C(C)C)n5)cc4c3cc[n+]1C)S2. The molecular formula is C39H41N4S+. The number of fused-ring (bicyclic) bond motifs is 5. The van der Waals surface area contributed by atoms with Gasteiger partial charge in [0, 0.05) is 38.6 Å². The van der Waals surface area contributed by atoms with Crippen molar-refractivity contribution in [2.75, 3.05) is 0 Å². The van der Waals surface area contributed by atoms with E-state index >= 15 is 0 Å². The van der Waals surface area contributed by atoms with Crippen LogP contribution in [0.3, 0.4) is 0 Å². The Morgan fingerprint density at radius 1 is 0.727 bits per heavy atom. The van der Waals surface area contributed by atoms with Gasteiger partial charge in [-0.15, -0.1) is 0 Å². The normalized spacial score (nSPS) is 12.8. The zero-order valence-electron chi connectivity index (χ0n) is 27.3. The highest BCUT2D eigenvalue weighted by molar-refractivity contribution is 8.00. The molecule has 0 spiro atoms. The van der Waals surface area contributed by atoms with Gasteiger partial charge in [0.25, 0.3) is 0 Å². The van der Waals surface area contributed by atoms with Crippen LogP contribution in [0, 0.1) is 19.8 Å². The molecule has 1 aliphatic heterocycles. The molecule has 2 aromatic heterocycles. The molecule has 4 nitrogen and oxygen atoms in total. The fourth-order valence-corrected chi connectivity index (χ4v) is 8.12. The lowest BCUT2D eigenvalue weighted by Crippen LogP contribution is -2.32. The second-order valence-corrected chi connectivity index (χ2v) is 14.6. The predicted octanol–water partition coefficient (Wildman–Crippen LogP) is 10.0. The minimum Gasteiger partial charge on any atom is -0.217 e. The predicted molar refractivity (Wildman–Crippen MR) is 185 cm³/mol. The summed E-state index contributed by atoms with van der Waals surface area (Å²) in [5.41, 5.74) is 7.87. The molecule has 0 radical (unpaired) electrons. The van der Waals surface area contributed by atoms with Crippen LogP contribution in [0.2, 0.25) is 0 Å². The van der Waals surface area contributed by atoms with Gasteiger partial charge < -0.3 is 0 Å². The summed E-state index contributed by atoms with van der Waals surface area (Å²) in [5, 5.41) is 7.82. The van der Waals surface area contributed by atoms with Crippen molar-refractivity contribution in [2.24, 2.45) is 13.0 Å². The number of benzene rings is 4. The number of aryl methyl sites for hydroxylation is 3. The number of hydrogen-bond donors (Lipinski definition) is 0. The van der Waals surface area contributed by atoms with Gasteiger partial charge in [-0.3, -0.25) is 0 Å². The van der Waals surface area contributed by atoms with Crippen LogP contribution in [0.1, 0.15) is 81.7 Å². The Hall–Kier alpha value is -3.83. The van der Waals surface area contributed by atoms with Crippen LogP contribution in [0.5, 0.6) is 0 Å². The molecule has 0 unspecified atom stereocenters. The summed E-state index contributed by atoms with van der Waals surface area (Å²) in [6.07, 6.45) is 3.33. The molecule has 0 N–H and O–H groups in total. The van der Waals surface area contributed by atoms with E-state index in [2.05, 4.69) is 122 Å². The summed E-state index contributed by atoms with van der Waals surface area (Å²) in [5.74, 6) is 3.57. The number of pyridine rings is 1. The number of rotatable bonds is 5. The van der Waals surface area contributed by atoms with Crippen LogP contribution in [0.25, 0.3) is 55.0 Å². The molecule has 0 amide bonds. The summed E-state index contributed by atoms with van der Waals surface area (Å²) in [6, 6.07) is 18.5. The van der Waals surface area contributed by atoms with Gasteiger partial charge in [-0.1, -0.05) is 83.6 Å². The molecule has 0 bridgehead atoms. The lowest BCUT2D eigenvalue weighted by Gasteiger charge is -2.24. The summed E-state index contributed by atoms with van der Waals surface area (Å²) in [7, 11) is 2.19. The largest absolute Gasteiger partial charge is 0.222 e. The van der Waals surface area contributed by atoms with Crippen LogP contribution < -0.4 is 4.57 Å². The third-order valence-corrected chi connectivity index (χ3v) is 10.3. The van der Waals surface area contributed by atoms with Crippen LogP contribution in [0.4, 0.5) is 0 Å². The zero-order chi connectivity index (χ0) is 31.0. The van der Waals surface area contributed by atoms with Gasteiger partial charge in [0.1, 0.15) is 18.7 Å². The maximum absolute atomic E-state index is 4.92. The highest BCUT2D eigenvalue weighted by atomic mass is 32.2. The molecule has 3 heterocycles. The highest BCUT2D eigenvalue weighted by Crippen LogP contribution is 2.52. The van der Waals surface area contributed by atoms with Crippen molar-refractivity contribution in [3.8, 4) is 22.6 Å². The van der Waals surface area contributed by atoms with Gasteiger partial charge in [-0.25, -0.2) is 19.5 Å². The van der Waals surface area contributed by atoms with Crippen molar-refractivity contribution in [3.05, 3.63) is 83.1 Å². The summed E-state index contributed by atoms with van der Waals surface area (Å²) < 4.78 is 2.33. The summed E-state index contributed by atoms with van der Waals surface area (Å²) in [6.45, 7) is 17.8. The van der Waals surface area contributed by atoms with Crippen molar-refractivity contribution < 1.29 is 4.57 Å². The van der Waals surface area contributed by atoms with Crippen LogP contribution >= 0.6 is 11.8 Å². The Labute approximate surface area is 265 Å². The first-order chi connectivity index (χ1) is 21.0. The standard InChI is InChI=1S/C39H41N4S/c1-20(2)16-25-10-13-28-24(8)36-33(23(7)30(28)17-25)35-34-29(14-15-43(35)9)31-18-27(12-11-26(31)19-32(34)44-36)39-41-37(21(3)4)40-38(42-39)22(5)6/h10-15,17-22H,16H2,1-9H3/q+1. The topological polar surface area (TPSA) is 42.6 Å². The van der Waals surface area contributed by atoms with E-state index in [1.807, 2.05) is 11.8 Å². The first-order valence-electron chi connectivity index (χ1n) is 15.9. The zero-order valence-corrected chi connectivity index (χ0v) is 28.1. The molecule has 4 aromatic carbocycles. The number of hydrogen-bond acceptors (Lipinski definition) is 4. The molecule has 0 aliphatic carbocycles. The van der Waals surface area contributed by atoms with E-state index in [-0.39, 0.29) is 11.8 Å². The van der Waals surface area contributed by atoms with Crippen LogP contribution in [-0.2, 0) is 13.5 Å². The molecule has 7 rings (SSSR count). The van der Waals surface area contributed by atoms with E-state index in [9.17, 15) is 0 Å². The maximum Gasteiger partial charge on any atom is 0.222 e. The molecule has 0 saturated carbocycles. The van der Waals surface area contributed by atoms with Crippen molar-refractivity contribution in [1.29, 1.82) is 0 Å². The second-order valence-electron chi connectivity index (χ2n) is 13.6. The lowest BCUT2D eigenvalue weighted by molar-refractivity contribution is -0.659. The molecule has 44 heavy (non-hydrogen) atoms. The monoisotopic (exact) mass is 597 g/mol. The van der Waals surface area contributed by atoms with Crippen molar-refractivity contribution in [1.82, 2.24) is 15.0 Å². The van der Waals surface area contributed by atoms with E-state index < -0.39 is 0 Å². The summed E-state index contributed by atoms with van der Waals surface area (Å²) >= 11 is 1.93. The van der Waals surface area contributed by atoms with Gasteiger partial charge in [-0.05, 0) is 76.6 Å². The van der Waals surface area contributed by atoms with Crippen LogP contribution in [0.15, 0.2) is 64.5 Å². The average Bonchev–Trinajstić information content (AvgIpc) is 3.00. The molecule has 6 aromatic rings. The average molecular weight is 598 g/mol. The van der Waals surface area contributed by atoms with Gasteiger partial charge in [0.2, 0.25) is 5.69 Å². The summed E-state index contributed by atoms with van der Waals surface area (Å²) in [4.78, 5) is 17.3. The van der Waals surface area contributed by atoms with E-state index in [1.165, 1.54) is 70.1 Å². The molecule has 5 heteroatoms. The van der Waals surface area contributed by atoms with Gasteiger partial charge >= 0.3 is 0 Å². The lowest BCUT2D eigenvalue weighted by atomic mass is 9.89. The van der Waals surface area contributed by atoms with E-state index in [0.29, 0.717) is 5.92 Å². The third kappa shape index (κ3) is 4.59. The number of aromatic nitrogens is 4. The van der Waals surface area contributed by atoms with Crippen molar-refractivity contribution >= 4 is 44.1 Å².